The molecule has 3 heterocycles. The summed E-state index contributed by atoms with van der Waals surface area (Å²) in [4.78, 5) is 10.9. The molecule has 4 nitrogen and oxygen atoms in total. The number of aromatic nitrogens is 4. The first-order chi connectivity index (χ1) is 33.7. The molecule has 0 saturated heterocycles. The van der Waals surface area contributed by atoms with Gasteiger partial charge in [-0.2, -0.15) is 0 Å². The first kappa shape index (κ1) is 38.2. The van der Waals surface area contributed by atoms with Gasteiger partial charge in [-0.05, 0) is 121 Å². The fourth-order valence-corrected chi connectivity index (χ4v) is 10.8. The minimum atomic E-state index is 0.862. The zero-order valence-electron chi connectivity index (χ0n) is 36.9. The van der Waals surface area contributed by atoms with Gasteiger partial charge in [0.1, 0.15) is 5.82 Å². The molecular formula is C64H40N4. The van der Waals surface area contributed by atoms with Crippen molar-refractivity contribution in [2.75, 3.05) is 0 Å². The van der Waals surface area contributed by atoms with Crippen molar-refractivity contribution < 1.29 is 0 Å². The highest BCUT2D eigenvalue weighted by Gasteiger charge is 2.22. The van der Waals surface area contributed by atoms with Crippen LogP contribution in [0.1, 0.15) is 0 Å². The number of fused-ring (bicyclic) bond motifs is 11. The molecule has 0 radical (unpaired) electrons. The van der Waals surface area contributed by atoms with Gasteiger partial charge in [-0.15, -0.1) is 0 Å². The quantitative estimate of drug-likeness (QED) is 0.123. The molecule has 14 rings (SSSR count). The molecule has 3 aromatic heterocycles. The topological polar surface area (TPSA) is 35.6 Å². The Bertz CT molecular complexity index is 4130. The van der Waals surface area contributed by atoms with E-state index in [1.165, 1.54) is 65.3 Å². The number of nitrogens with zero attached hydrogens (tertiary/aromatic N) is 4. The van der Waals surface area contributed by atoms with E-state index in [1.54, 1.807) is 0 Å². The Balaban J connectivity index is 0.963. The third kappa shape index (κ3) is 5.94. The van der Waals surface area contributed by atoms with Gasteiger partial charge >= 0.3 is 0 Å². The van der Waals surface area contributed by atoms with E-state index in [4.69, 9.17) is 9.97 Å². The van der Waals surface area contributed by atoms with Crippen LogP contribution < -0.4 is 0 Å². The van der Waals surface area contributed by atoms with E-state index >= 15 is 0 Å². The minimum absolute atomic E-state index is 0.862. The lowest BCUT2D eigenvalue weighted by molar-refractivity contribution is 1.08. The first-order valence-corrected chi connectivity index (χ1v) is 23.2. The summed E-state index contributed by atoms with van der Waals surface area (Å²) < 4.78 is 4.73. The highest BCUT2D eigenvalue weighted by atomic mass is 15.1. The molecular weight excluding hydrogens is 825 g/mol. The second kappa shape index (κ2) is 15.2. The van der Waals surface area contributed by atoms with E-state index in [0.717, 1.165) is 66.9 Å². The highest BCUT2D eigenvalue weighted by molar-refractivity contribution is 6.24. The Morgan fingerprint density at radius 3 is 1.37 bits per heavy atom. The second-order valence-electron chi connectivity index (χ2n) is 17.7. The van der Waals surface area contributed by atoms with Gasteiger partial charge in [-0.3, -0.25) is 9.55 Å². The largest absolute Gasteiger partial charge is 0.309 e. The zero-order valence-corrected chi connectivity index (χ0v) is 36.9. The lowest BCUT2D eigenvalue weighted by Gasteiger charge is -2.15. The third-order valence-electron chi connectivity index (χ3n) is 13.9. The van der Waals surface area contributed by atoms with Gasteiger partial charge in [0.15, 0.2) is 0 Å². The highest BCUT2D eigenvalue weighted by Crippen LogP contribution is 2.42. The van der Waals surface area contributed by atoms with Crippen LogP contribution in [0.2, 0.25) is 0 Å². The average Bonchev–Trinajstić information content (AvgIpc) is 3.98. The first-order valence-electron chi connectivity index (χ1n) is 23.2. The van der Waals surface area contributed by atoms with Crippen LogP contribution in [0.4, 0.5) is 0 Å². The third-order valence-corrected chi connectivity index (χ3v) is 13.9. The lowest BCUT2D eigenvalue weighted by atomic mass is 9.94. The molecule has 14 aromatic rings. The molecule has 0 amide bonds. The van der Waals surface area contributed by atoms with Crippen LogP contribution in [0.3, 0.4) is 0 Å². The van der Waals surface area contributed by atoms with Gasteiger partial charge in [0, 0.05) is 38.4 Å². The van der Waals surface area contributed by atoms with Crippen molar-refractivity contribution in [1.29, 1.82) is 0 Å². The molecule has 316 valence electrons. The molecule has 0 N–H and O–H groups in total. The van der Waals surface area contributed by atoms with Gasteiger partial charge in [0.2, 0.25) is 0 Å². The predicted molar refractivity (Wildman–Crippen MR) is 285 cm³/mol. The van der Waals surface area contributed by atoms with E-state index in [9.17, 15) is 0 Å². The van der Waals surface area contributed by atoms with Crippen molar-refractivity contribution in [2.24, 2.45) is 0 Å². The van der Waals surface area contributed by atoms with E-state index in [2.05, 4.69) is 246 Å². The number of hydrogen-bond donors (Lipinski definition) is 0. The lowest BCUT2D eigenvalue weighted by Crippen LogP contribution is -2.00. The van der Waals surface area contributed by atoms with Crippen LogP contribution in [-0.4, -0.2) is 19.1 Å². The maximum absolute atomic E-state index is 5.60. The summed E-state index contributed by atoms with van der Waals surface area (Å²) in [5, 5.41) is 11.9. The molecule has 0 fully saturated rings. The van der Waals surface area contributed by atoms with Crippen LogP contribution in [0, 0.1) is 0 Å². The summed E-state index contributed by atoms with van der Waals surface area (Å²) in [5.74, 6) is 0.862. The van der Waals surface area contributed by atoms with Gasteiger partial charge in [-0.25, -0.2) is 4.98 Å². The van der Waals surface area contributed by atoms with Crippen LogP contribution in [0.15, 0.2) is 243 Å². The zero-order chi connectivity index (χ0) is 44.7. The molecule has 4 heteroatoms. The van der Waals surface area contributed by atoms with Crippen molar-refractivity contribution in [3.05, 3.63) is 243 Å². The molecule has 11 aromatic carbocycles. The Hall–Kier alpha value is -9.12. The molecule has 0 saturated carbocycles. The van der Waals surface area contributed by atoms with Gasteiger partial charge < -0.3 is 4.57 Å². The molecule has 0 aliphatic rings. The Morgan fingerprint density at radius 2 is 0.794 bits per heavy atom. The van der Waals surface area contributed by atoms with Crippen LogP contribution >= 0.6 is 0 Å². The molecule has 0 aliphatic heterocycles. The summed E-state index contributed by atoms with van der Waals surface area (Å²) in [6, 6.07) is 85.3. The van der Waals surface area contributed by atoms with Gasteiger partial charge in [0.05, 0.1) is 39.6 Å². The number of hydrogen-bond acceptors (Lipinski definition) is 2. The number of imidazole rings is 1. The van der Waals surface area contributed by atoms with E-state index in [1.807, 2.05) is 6.20 Å². The molecule has 0 unspecified atom stereocenters. The normalized spacial score (nSPS) is 11.8. The summed E-state index contributed by atoms with van der Waals surface area (Å²) >= 11 is 0. The van der Waals surface area contributed by atoms with Crippen molar-refractivity contribution in [1.82, 2.24) is 19.1 Å². The van der Waals surface area contributed by atoms with Crippen molar-refractivity contribution >= 4 is 75.9 Å². The summed E-state index contributed by atoms with van der Waals surface area (Å²) in [5.41, 5.74) is 14.3. The smallest absolute Gasteiger partial charge is 0.145 e. The molecule has 0 bridgehead atoms. The Morgan fingerprint density at radius 1 is 0.309 bits per heavy atom. The minimum Gasteiger partial charge on any atom is -0.309 e. The number of rotatable bonds is 6. The number of pyridine rings is 1. The Labute approximate surface area is 392 Å². The summed E-state index contributed by atoms with van der Waals surface area (Å²) in [6.45, 7) is 0. The standard InChI is InChI=1S/C64H40N4/c1-3-15-41(16-4-1)44-29-35-59-56(38-44)57-39-45(42-17-5-2-6-18-42)30-36-60(57)67(59)48-31-27-43(28-32-48)64-66-62-54-25-13-11-23-52(54)53-24-12-14-26-55(53)63(62)68(64)49-33-34-58(65-40-49)61-50-21-9-7-19-46(50)37-47-20-8-10-22-51(47)61/h1-40H. The predicted octanol–water partition coefficient (Wildman–Crippen LogP) is 16.8. The van der Waals surface area contributed by atoms with Gasteiger partial charge in [-0.1, -0.05) is 170 Å². The van der Waals surface area contributed by atoms with E-state index in [0.29, 0.717) is 0 Å². The van der Waals surface area contributed by atoms with Gasteiger partial charge in [0.25, 0.3) is 0 Å². The van der Waals surface area contributed by atoms with Crippen molar-refractivity contribution in [3.63, 3.8) is 0 Å². The Kier molecular flexibility index (Phi) is 8.55. The fourth-order valence-electron chi connectivity index (χ4n) is 10.8. The van der Waals surface area contributed by atoms with Crippen LogP contribution in [0.5, 0.6) is 0 Å². The fraction of sp³-hybridized carbons (Fsp3) is 0. The summed E-state index contributed by atoms with van der Waals surface area (Å²) in [7, 11) is 0. The van der Waals surface area contributed by atoms with Crippen molar-refractivity contribution in [3.8, 4) is 56.3 Å². The second-order valence-corrected chi connectivity index (χ2v) is 17.7. The molecule has 0 spiro atoms. The average molecular weight is 865 g/mol. The van der Waals surface area contributed by atoms with E-state index < -0.39 is 0 Å². The molecule has 0 aliphatic carbocycles. The molecule has 0 atom stereocenters. The monoisotopic (exact) mass is 864 g/mol. The van der Waals surface area contributed by atoms with Crippen molar-refractivity contribution in [2.45, 2.75) is 0 Å². The molecule has 68 heavy (non-hydrogen) atoms. The summed E-state index contributed by atoms with van der Waals surface area (Å²) in [6.07, 6.45) is 2.03. The number of benzene rings is 11. The maximum atomic E-state index is 5.60. The maximum Gasteiger partial charge on any atom is 0.145 e. The van der Waals surface area contributed by atoms with Crippen LogP contribution in [0.25, 0.3) is 132 Å². The SMILES string of the molecule is c1ccc(-c2ccc3c(c2)c2cc(-c4ccccc4)ccc2n3-c2ccc(-c3nc4c5ccccc5c5ccccc5c4n3-c3ccc(-c4c5ccccc5cc5ccccc45)nc3)cc2)cc1. The van der Waals surface area contributed by atoms with Crippen LogP contribution in [-0.2, 0) is 0 Å². The van der Waals surface area contributed by atoms with E-state index in [-0.39, 0.29) is 0 Å².